The van der Waals surface area contributed by atoms with Crippen molar-refractivity contribution in [1.82, 2.24) is 5.32 Å². The first-order valence-corrected chi connectivity index (χ1v) is 21.6. The summed E-state index contributed by atoms with van der Waals surface area (Å²) in [5.41, 5.74) is 0. The second kappa shape index (κ2) is 40.8. The minimum Gasteiger partial charge on any atom is -0.394 e. The zero-order valence-corrected chi connectivity index (χ0v) is 33.5. The topological polar surface area (TPSA) is 89.8 Å². The molecule has 0 spiro atoms. The molecule has 0 saturated carbocycles. The summed E-state index contributed by atoms with van der Waals surface area (Å²) in [7, 11) is 0. The molecule has 5 heteroatoms. The minimum atomic E-state index is -1.12. The third-order valence-electron chi connectivity index (χ3n) is 9.56. The van der Waals surface area contributed by atoms with Crippen molar-refractivity contribution in [3.63, 3.8) is 0 Å². The first-order valence-electron chi connectivity index (χ1n) is 21.6. The molecule has 0 aliphatic carbocycles. The maximum absolute atomic E-state index is 12.4. The van der Waals surface area contributed by atoms with Gasteiger partial charge in [-0.15, -0.1) is 0 Å². The van der Waals surface area contributed by atoms with Crippen molar-refractivity contribution in [1.29, 1.82) is 0 Å². The molecule has 0 aliphatic heterocycles. The number of rotatable bonds is 38. The summed E-state index contributed by atoms with van der Waals surface area (Å²) in [6, 6.07) is -0.824. The van der Waals surface area contributed by atoms with Gasteiger partial charge in [0.1, 0.15) is 6.10 Å². The Labute approximate surface area is 316 Å². The van der Waals surface area contributed by atoms with E-state index in [0.29, 0.717) is 6.42 Å². The molecule has 51 heavy (non-hydrogen) atoms. The average molecular weight is 714 g/mol. The number of carbonyl (C=O) groups excluding carboxylic acids is 1. The fourth-order valence-corrected chi connectivity index (χ4v) is 6.13. The molecule has 0 bridgehead atoms. The van der Waals surface area contributed by atoms with E-state index in [0.717, 1.165) is 51.4 Å². The molecular weight excluding hydrogens is 631 g/mol. The van der Waals surface area contributed by atoms with Crippen molar-refractivity contribution in [3.8, 4) is 0 Å². The van der Waals surface area contributed by atoms with E-state index in [-0.39, 0.29) is 6.61 Å². The van der Waals surface area contributed by atoms with Crippen LogP contribution < -0.4 is 5.32 Å². The van der Waals surface area contributed by atoms with Gasteiger partial charge in [-0.25, -0.2) is 0 Å². The molecular formula is C46H83NO4. The number of aliphatic hydroxyl groups excluding tert-OH is 3. The Morgan fingerprint density at radius 2 is 0.863 bits per heavy atom. The molecule has 0 saturated heterocycles. The summed E-state index contributed by atoms with van der Waals surface area (Å²) in [5.74, 6) is -0.525. The molecule has 0 fully saturated rings. The molecule has 0 rings (SSSR count). The highest BCUT2D eigenvalue weighted by molar-refractivity contribution is 5.80. The van der Waals surface area contributed by atoms with Crippen LogP contribution >= 0.6 is 0 Å². The van der Waals surface area contributed by atoms with Crippen LogP contribution in [-0.4, -0.2) is 46.1 Å². The highest BCUT2D eigenvalue weighted by Crippen LogP contribution is 2.13. The summed E-state index contributed by atoms with van der Waals surface area (Å²) < 4.78 is 0. The maximum Gasteiger partial charge on any atom is 0.249 e. The number of hydrogen-bond donors (Lipinski definition) is 4. The van der Waals surface area contributed by atoms with Gasteiger partial charge in [-0.3, -0.25) is 4.79 Å². The Bertz CT molecular complexity index is 876. The molecule has 0 heterocycles. The highest BCUT2D eigenvalue weighted by atomic mass is 16.3. The number of hydrogen-bond acceptors (Lipinski definition) is 4. The third-order valence-corrected chi connectivity index (χ3v) is 9.56. The van der Waals surface area contributed by atoms with E-state index in [1.165, 1.54) is 128 Å². The van der Waals surface area contributed by atoms with Crippen molar-refractivity contribution in [2.75, 3.05) is 6.61 Å². The van der Waals surface area contributed by atoms with Crippen LogP contribution in [0.3, 0.4) is 0 Å². The molecule has 0 aromatic heterocycles. The van der Waals surface area contributed by atoms with Gasteiger partial charge in [0.15, 0.2) is 0 Å². The summed E-state index contributed by atoms with van der Waals surface area (Å²) in [5, 5.41) is 33.0. The van der Waals surface area contributed by atoms with E-state index in [2.05, 4.69) is 67.8 Å². The Morgan fingerprint density at radius 3 is 1.35 bits per heavy atom. The number of nitrogens with one attached hydrogen (secondary N) is 1. The molecule has 1 amide bonds. The number of allylic oxidation sites excluding steroid dienone is 9. The Hall–Kier alpha value is -1.95. The van der Waals surface area contributed by atoms with E-state index in [9.17, 15) is 20.1 Å². The van der Waals surface area contributed by atoms with E-state index in [1.807, 2.05) is 6.08 Å². The number of carbonyl (C=O) groups is 1. The fourth-order valence-electron chi connectivity index (χ4n) is 6.13. The highest BCUT2D eigenvalue weighted by Gasteiger charge is 2.22. The molecule has 296 valence electrons. The standard InChI is InChI=1S/C46H83NO4/c1-3-5-7-9-11-13-15-17-18-19-20-21-22-23-24-25-26-27-29-31-33-35-37-39-41-45(50)46(51)47-43(42-48)44(49)40-38-36-34-32-30-28-16-14-12-10-8-6-4-2/h12,14,20-21,23-24,30,32,38,40,43-45,48-50H,3-11,13,15-19,22,25-29,31,33-37,39,41-42H2,1-2H3,(H,47,51)/b14-12+,21-20-,24-23-,32-30+,40-38+. The van der Waals surface area contributed by atoms with Gasteiger partial charge < -0.3 is 20.6 Å². The monoisotopic (exact) mass is 714 g/mol. The van der Waals surface area contributed by atoms with Gasteiger partial charge in [0.25, 0.3) is 0 Å². The number of aliphatic hydroxyl groups is 3. The van der Waals surface area contributed by atoms with E-state index in [4.69, 9.17) is 0 Å². The van der Waals surface area contributed by atoms with Crippen LogP contribution in [0.5, 0.6) is 0 Å². The summed E-state index contributed by atoms with van der Waals surface area (Å²) in [6.45, 7) is 4.12. The lowest BCUT2D eigenvalue weighted by molar-refractivity contribution is -0.131. The van der Waals surface area contributed by atoms with Crippen LogP contribution in [0.1, 0.15) is 200 Å². The number of unbranched alkanes of at least 4 members (excludes halogenated alkanes) is 22. The van der Waals surface area contributed by atoms with Crippen molar-refractivity contribution < 1.29 is 20.1 Å². The van der Waals surface area contributed by atoms with Gasteiger partial charge in [0, 0.05) is 0 Å². The summed E-state index contributed by atoms with van der Waals surface area (Å²) >= 11 is 0. The second-order valence-electron chi connectivity index (χ2n) is 14.5. The lowest BCUT2D eigenvalue weighted by atomic mass is 10.0. The van der Waals surface area contributed by atoms with E-state index in [1.54, 1.807) is 6.08 Å². The lowest BCUT2D eigenvalue weighted by Crippen LogP contribution is -2.48. The third kappa shape index (κ3) is 36.2. The molecule has 0 aromatic rings. The van der Waals surface area contributed by atoms with Crippen molar-refractivity contribution in [2.45, 2.75) is 218 Å². The predicted octanol–water partition coefficient (Wildman–Crippen LogP) is 12.3. The molecule has 0 radical (unpaired) electrons. The van der Waals surface area contributed by atoms with Gasteiger partial charge in [-0.2, -0.15) is 0 Å². The smallest absolute Gasteiger partial charge is 0.249 e. The second-order valence-corrected chi connectivity index (χ2v) is 14.5. The summed E-state index contributed by atoms with van der Waals surface area (Å²) in [4.78, 5) is 12.4. The maximum atomic E-state index is 12.4. The Morgan fingerprint density at radius 1 is 0.490 bits per heavy atom. The van der Waals surface area contributed by atoms with Gasteiger partial charge in [0.05, 0.1) is 18.8 Å². The molecule has 3 atom stereocenters. The normalized spacial score (nSPS) is 14.2. The Balaban J connectivity index is 3.72. The van der Waals surface area contributed by atoms with Crippen LogP contribution in [0.25, 0.3) is 0 Å². The SMILES string of the molecule is CCCCC/C=C/CC/C=C/CC/C=C/C(O)C(CO)NC(=O)C(O)CCCCCCCCCC/C=C\C/C=C\CCCCCCCCCCC. The van der Waals surface area contributed by atoms with Crippen LogP contribution in [0.4, 0.5) is 0 Å². The summed E-state index contributed by atoms with van der Waals surface area (Å²) in [6.07, 6.45) is 53.9. The zero-order valence-electron chi connectivity index (χ0n) is 33.5. The van der Waals surface area contributed by atoms with Gasteiger partial charge in [-0.1, -0.05) is 184 Å². The van der Waals surface area contributed by atoms with Crippen LogP contribution in [0, 0.1) is 0 Å². The minimum absolute atomic E-state index is 0.386. The van der Waals surface area contributed by atoms with E-state index < -0.39 is 24.2 Å². The first kappa shape index (κ1) is 49.0. The first-order chi connectivity index (χ1) is 25.1. The molecule has 0 aliphatic rings. The number of amides is 1. The quantitative estimate of drug-likeness (QED) is 0.0379. The molecule has 5 nitrogen and oxygen atoms in total. The van der Waals surface area contributed by atoms with Crippen molar-refractivity contribution >= 4 is 5.91 Å². The predicted molar refractivity (Wildman–Crippen MR) is 222 cm³/mol. The van der Waals surface area contributed by atoms with Crippen LogP contribution in [0.2, 0.25) is 0 Å². The fraction of sp³-hybridized carbons (Fsp3) is 0.761. The Kier molecular flexibility index (Phi) is 39.3. The van der Waals surface area contributed by atoms with Gasteiger partial charge >= 0.3 is 0 Å². The zero-order chi connectivity index (χ0) is 37.3. The average Bonchev–Trinajstić information content (AvgIpc) is 3.13. The van der Waals surface area contributed by atoms with Gasteiger partial charge in [0.2, 0.25) is 5.91 Å². The molecule has 3 unspecified atom stereocenters. The largest absolute Gasteiger partial charge is 0.394 e. The lowest BCUT2D eigenvalue weighted by Gasteiger charge is -2.21. The van der Waals surface area contributed by atoms with Crippen LogP contribution in [-0.2, 0) is 4.79 Å². The van der Waals surface area contributed by atoms with Crippen LogP contribution in [0.15, 0.2) is 60.8 Å². The van der Waals surface area contributed by atoms with Crippen molar-refractivity contribution in [2.24, 2.45) is 0 Å². The van der Waals surface area contributed by atoms with Crippen molar-refractivity contribution in [3.05, 3.63) is 60.8 Å². The molecule has 0 aromatic carbocycles. The molecule has 4 N–H and O–H groups in total. The van der Waals surface area contributed by atoms with E-state index >= 15 is 0 Å². The van der Waals surface area contributed by atoms with Gasteiger partial charge in [-0.05, 0) is 77.0 Å².